The van der Waals surface area contributed by atoms with Crippen LogP contribution in [0.2, 0.25) is 0 Å². The summed E-state index contributed by atoms with van der Waals surface area (Å²) in [5, 5.41) is 11.3. The summed E-state index contributed by atoms with van der Waals surface area (Å²) >= 11 is 0. The minimum atomic E-state index is -0.837. The van der Waals surface area contributed by atoms with Crippen LogP contribution < -0.4 is 14.8 Å². The molecule has 0 bridgehead atoms. The minimum Gasteiger partial charge on any atom is -0.497 e. The first kappa shape index (κ1) is 16.8. The first-order chi connectivity index (χ1) is 10.1. The Balaban J connectivity index is 2.43. The average Bonchev–Trinajstić information content (AvgIpc) is 2.48. The Morgan fingerprint density at radius 3 is 2.48 bits per heavy atom. The van der Waals surface area contributed by atoms with Crippen molar-refractivity contribution in [1.82, 2.24) is 5.32 Å². The van der Waals surface area contributed by atoms with E-state index in [0.29, 0.717) is 37.3 Å². The highest BCUT2D eigenvalue weighted by molar-refractivity contribution is 5.76. The largest absolute Gasteiger partial charge is 0.497 e. The summed E-state index contributed by atoms with van der Waals surface area (Å²) in [6.45, 7) is 0.345. The van der Waals surface area contributed by atoms with Crippen LogP contribution in [0.15, 0.2) is 18.2 Å². The number of ether oxygens (including phenoxy) is 2. The Bertz CT molecular complexity index is 487. The number of carbonyl (C=O) groups excluding carboxylic acids is 1. The van der Waals surface area contributed by atoms with Crippen molar-refractivity contribution in [2.24, 2.45) is 0 Å². The maximum Gasteiger partial charge on any atom is 0.303 e. The molecule has 0 fully saturated rings. The molecule has 2 N–H and O–H groups in total. The highest BCUT2D eigenvalue weighted by atomic mass is 16.5. The number of rotatable bonds is 9. The molecule has 0 aliphatic rings. The standard InChI is InChI=1S/C15H21NO5/c1-20-12-7-8-13(21-2)11(9-12)10-16-14(17)5-3-4-6-15(18)19/h7-9H,3-6,10H2,1-2H3,(H,16,17)(H,18,19). The Labute approximate surface area is 124 Å². The number of unbranched alkanes of at least 4 members (excludes halogenated alkanes) is 1. The molecule has 21 heavy (non-hydrogen) atoms. The van der Waals surface area contributed by atoms with Crippen LogP contribution in [-0.2, 0) is 16.1 Å². The molecular weight excluding hydrogens is 274 g/mol. The van der Waals surface area contributed by atoms with Crippen molar-refractivity contribution >= 4 is 11.9 Å². The lowest BCUT2D eigenvalue weighted by atomic mass is 10.1. The molecule has 0 aliphatic carbocycles. The predicted octanol–water partition coefficient (Wildman–Crippen LogP) is 1.97. The number of carboxylic acid groups (broad SMARTS) is 1. The van der Waals surface area contributed by atoms with Gasteiger partial charge in [0.15, 0.2) is 0 Å². The normalized spacial score (nSPS) is 10.0. The molecule has 6 nitrogen and oxygen atoms in total. The maximum atomic E-state index is 11.7. The number of benzene rings is 1. The van der Waals surface area contributed by atoms with Gasteiger partial charge in [-0.05, 0) is 31.0 Å². The summed E-state index contributed by atoms with van der Waals surface area (Å²) < 4.78 is 10.4. The van der Waals surface area contributed by atoms with E-state index in [4.69, 9.17) is 14.6 Å². The number of amides is 1. The molecule has 0 radical (unpaired) electrons. The second-order valence-electron chi connectivity index (χ2n) is 4.56. The Hall–Kier alpha value is -2.24. The van der Waals surface area contributed by atoms with Gasteiger partial charge in [0.05, 0.1) is 14.2 Å². The van der Waals surface area contributed by atoms with E-state index in [2.05, 4.69) is 5.32 Å². The number of nitrogens with one attached hydrogen (secondary N) is 1. The van der Waals surface area contributed by atoms with Crippen LogP contribution >= 0.6 is 0 Å². The van der Waals surface area contributed by atoms with Gasteiger partial charge in [0.1, 0.15) is 11.5 Å². The van der Waals surface area contributed by atoms with E-state index >= 15 is 0 Å². The van der Waals surface area contributed by atoms with Gasteiger partial charge in [0.25, 0.3) is 0 Å². The van der Waals surface area contributed by atoms with Crippen molar-refractivity contribution in [2.45, 2.75) is 32.2 Å². The van der Waals surface area contributed by atoms with Gasteiger partial charge in [-0.25, -0.2) is 0 Å². The van der Waals surface area contributed by atoms with Gasteiger partial charge in [0, 0.05) is 24.9 Å². The van der Waals surface area contributed by atoms with Crippen molar-refractivity contribution in [3.63, 3.8) is 0 Å². The van der Waals surface area contributed by atoms with E-state index in [0.717, 1.165) is 5.56 Å². The van der Waals surface area contributed by atoms with E-state index in [9.17, 15) is 9.59 Å². The van der Waals surface area contributed by atoms with Gasteiger partial charge >= 0.3 is 5.97 Å². The average molecular weight is 295 g/mol. The van der Waals surface area contributed by atoms with E-state index in [-0.39, 0.29) is 12.3 Å². The fourth-order valence-electron chi connectivity index (χ4n) is 1.86. The molecule has 0 saturated heterocycles. The summed E-state index contributed by atoms with van der Waals surface area (Å²) in [5.74, 6) is 0.435. The zero-order valence-electron chi connectivity index (χ0n) is 12.3. The number of aliphatic carboxylic acids is 1. The maximum absolute atomic E-state index is 11.7. The number of hydrogen-bond donors (Lipinski definition) is 2. The number of methoxy groups -OCH3 is 2. The van der Waals surface area contributed by atoms with Crippen LogP contribution in [-0.4, -0.2) is 31.2 Å². The van der Waals surface area contributed by atoms with Gasteiger partial charge in [0.2, 0.25) is 5.91 Å². The van der Waals surface area contributed by atoms with E-state index in [1.165, 1.54) is 0 Å². The smallest absolute Gasteiger partial charge is 0.303 e. The first-order valence-electron chi connectivity index (χ1n) is 6.76. The van der Waals surface area contributed by atoms with Gasteiger partial charge in [-0.2, -0.15) is 0 Å². The molecule has 1 aromatic rings. The van der Waals surface area contributed by atoms with Gasteiger partial charge < -0.3 is 19.9 Å². The number of carboxylic acids is 1. The number of carbonyl (C=O) groups is 2. The number of hydrogen-bond acceptors (Lipinski definition) is 4. The van der Waals surface area contributed by atoms with Crippen molar-refractivity contribution in [1.29, 1.82) is 0 Å². The molecule has 1 rings (SSSR count). The van der Waals surface area contributed by atoms with Crippen LogP contribution in [0.4, 0.5) is 0 Å². The fraction of sp³-hybridized carbons (Fsp3) is 0.467. The molecule has 0 saturated carbocycles. The molecule has 116 valence electrons. The molecule has 0 aliphatic heterocycles. The van der Waals surface area contributed by atoms with Crippen molar-refractivity contribution in [3.8, 4) is 11.5 Å². The van der Waals surface area contributed by atoms with E-state index < -0.39 is 5.97 Å². The topological polar surface area (TPSA) is 84.9 Å². The Kier molecular flexibility index (Phi) is 7.08. The lowest BCUT2D eigenvalue weighted by molar-refractivity contribution is -0.137. The summed E-state index contributed by atoms with van der Waals surface area (Å²) in [6.07, 6.45) is 1.48. The summed E-state index contributed by atoms with van der Waals surface area (Å²) in [4.78, 5) is 22.0. The minimum absolute atomic E-state index is 0.0942. The van der Waals surface area contributed by atoms with Crippen LogP contribution in [0.1, 0.15) is 31.2 Å². The molecule has 0 aromatic heterocycles. The lowest BCUT2D eigenvalue weighted by Crippen LogP contribution is -2.22. The van der Waals surface area contributed by atoms with Crippen molar-refractivity contribution < 1.29 is 24.2 Å². The lowest BCUT2D eigenvalue weighted by Gasteiger charge is -2.11. The third-order valence-corrected chi connectivity index (χ3v) is 3.01. The summed E-state index contributed by atoms with van der Waals surface area (Å²) in [6, 6.07) is 5.38. The quantitative estimate of drug-likeness (QED) is 0.680. The fourth-order valence-corrected chi connectivity index (χ4v) is 1.86. The second-order valence-corrected chi connectivity index (χ2v) is 4.56. The second kappa shape index (κ2) is 8.84. The highest BCUT2D eigenvalue weighted by Gasteiger charge is 2.07. The third kappa shape index (κ3) is 6.16. The zero-order valence-corrected chi connectivity index (χ0v) is 12.3. The Morgan fingerprint density at radius 1 is 1.14 bits per heavy atom. The first-order valence-corrected chi connectivity index (χ1v) is 6.76. The monoisotopic (exact) mass is 295 g/mol. The molecule has 6 heteroatoms. The van der Waals surface area contributed by atoms with Crippen LogP contribution in [0.25, 0.3) is 0 Å². The molecule has 0 spiro atoms. The molecule has 1 aromatic carbocycles. The molecular formula is C15H21NO5. The van der Waals surface area contributed by atoms with Gasteiger partial charge in [-0.3, -0.25) is 9.59 Å². The van der Waals surface area contributed by atoms with Crippen LogP contribution in [0.3, 0.4) is 0 Å². The van der Waals surface area contributed by atoms with Crippen LogP contribution in [0.5, 0.6) is 11.5 Å². The van der Waals surface area contributed by atoms with Crippen molar-refractivity contribution in [2.75, 3.05) is 14.2 Å². The van der Waals surface area contributed by atoms with E-state index in [1.807, 2.05) is 6.07 Å². The SMILES string of the molecule is COc1ccc(OC)c(CNC(=O)CCCCC(=O)O)c1. The summed E-state index contributed by atoms with van der Waals surface area (Å²) in [5.41, 5.74) is 0.829. The zero-order chi connectivity index (χ0) is 15.7. The molecule has 1 amide bonds. The summed E-state index contributed by atoms with van der Waals surface area (Å²) in [7, 11) is 3.14. The molecule has 0 unspecified atom stereocenters. The van der Waals surface area contributed by atoms with Gasteiger partial charge in [-0.15, -0.1) is 0 Å². The molecule has 0 heterocycles. The third-order valence-electron chi connectivity index (χ3n) is 3.01. The Morgan fingerprint density at radius 2 is 1.86 bits per heavy atom. The van der Waals surface area contributed by atoms with Crippen molar-refractivity contribution in [3.05, 3.63) is 23.8 Å². The highest BCUT2D eigenvalue weighted by Crippen LogP contribution is 2.23. The van der Waals surface area contributed by atoms with Crippen LogP contribution in [0, 0.1) is 0 Å². The molecule has 0 atom stereocenters. The van der Waals surface area contributed by atoms with Gasteiger partial charge in [-0.1, -0.05) is 0 Å². The van der Waals surface area contributed by atoms with E-state index in [1.54, 1.807) is 26.4 Å². The predicted molar refractivity (Wildman–Crippen MR) is 77.5 cm³/mol.